The van der Waals surface area contributed by atoms with Crippen molar-refractivity contribution in [1.82, 2.24) is 15.4 Å². The average molecular weight is 409 g/mol. The van der Waals surface area contributed by atoms with Gasteiger partial charge >= 0.3 is 0 Å². The van der Waals surface area contributed by atoms with Crippen LogP contribution in [0.5, 0.6) is 0 Å². The van der Waals surface area contributed by atoms with E-state index < -0.39 is 12.1 Å². The number of furan rings is 1. The van der Waals surface area contributed by atoms with E-state index in [4.69, 9.17) is 8.94 Å². The maximum absolute atomic E-state index is 12.7. The van der Waals surface area contributed by atoms with Crippen LogP contribution in [0.1, 0.15) is 23.4 Å². The Kier molecular flexibility index (Phi) is 5.67. The number of hydrogen-bond donors (Lipinski definition) is 2. The molecule has 2 atom stereocenters. The quantitative estimate of drug-likeness (QED) is 0.645. The third kappa shape index (κ3) is 4.44. The highest BCUT2D eigenvalue weighted by atomic mass is 16.5. The molecule has 1 saturated heterocycles. The minimum Gasteiger partial charge on any atom is -0.464 e. The highest BCUT2D eigenvalue weighted by Crippen LogP contribution is 2.21. The number of aryl methyl sites for hydroxylation is 1. The summed E-state index contributed by atoms with van der Waals surface area (Å²) in [7, 11) is 0. The summed E-state index contributed by atoms with van der Waals surface area (Å²) in [6.45, 7) is 2.23. The molecule has 30 heavy (non-hydrogen) atoms. The van der Waals surface area contributed by atoms with Gasteiger partial charge < -0.3 is 24.3 Å². The normalized spacial score (nSPS) is 18.5. The topological polar surface area (TPSA) is 109 Å². The zero-order valence-corrected chi connectivity index (χ0v) is 16.6. The summed E-state index contributed by atoms with van der Waals surface area (Å²) in [5.41, 5.74) is 2.56. The molecule has 1 aliphatic heterocycles. The zero-order chi connectivity index (χ0) is 21.1. The largest absolute Gasteiger partial charge is 0.464 e. The number of benzene rings is 1. The number of aliphatic hydroxyl groups excluding tert-OH is 1. The summed E-state index contributed by atoms with van der Waals surface area (Å²) in [6, 6.07) is 12.4. The number of likely N-dealkylation sites (tertiary alicyclic amines) is 1. The van der Waals surface area contributed by atoms with Gasteiger partial charge in [-0.2, -0.15) is 0 Å². The SMILES string of the molecule is Cc1cc(CC(=O)N2C[C@H](O)C[C@H]2C(=O)NCc2ccc(-c3ccco3)cc2)on1. The van der Waals surface area contributed by atoms with Crippen LogP contribution in [0.25, 0.3) is 11.3 Å². The lowest BCUT2D eigenvalue weighted by atomic mass is 10.1. The Morgan fingerprint density at radius 1 is 1.27 bits per heavy atom. The minimum atomic E-state index is -0.728. The number of carbonyl (C=O) groups is 2. The molecule has 0 spiro atoms. The molecule has 1 aliphatic rings. The molecule has 0 radical (unpaired) electrons. The number of aromatic nitrogens is 1. The Bertz CT molecular complexity index is 1010. The van der Waals surface area contributed by atoms with Crippen molar-refractivity contribution < 1.29 is 23.6 Å². The third-order valence-electron chi connectivity index (χ3n) is 5.13. The van der Waals surface area contributed by atoms with E-state index in [9.17, 15) is 14.7 Å². The second-order valence-corrected chi connectivity index (χ2v) is 7.45. The van der Waals surface area contributed by atoms with Crippen molar-refractivity contribution in [2.75, 3.05) is 6.54 Å². The molecule has 0 aliphatic carbocycles. The average Bonchev–Trinajstić information content (AvgIpc) is 3.48. The smallest absolute Gasteiger partial charge is 0.243 e. The third-order valence-corrected chi connectivity index (χ3v) is 5.13. The predicted octanol–water partition coefficient (Wildman–Crippen LogP) is 2.06. The van der Waals surface area contributed by atoms with Gasteiger partial charge in [0.15, 0.2) is 0 Å². The highest BCUT2D eigenvalue weighted by molar-refractivity contribution is 5.89. The Hall–Kier alpha value is -3.39. The summed E-state index contributed by atoms with van der Waals surface area (Å²) in [6.07, 6.45) is 1.11. The first-order valence-corrected chi connectivity index (χ1v) is 9.80. The van der Waals surface area contributed by atoms with E-state index in [2.05, 4.69) is 10.5 Å². The number of rotatable bonds is 6. The maximum Gasteiger partial charge on any atom is 0.243 e. The molecule has 2 aromatic heterocycles. The zero-order valence-electron chi connectivity index (χ0n) is 16.6. The molecular formula is C22H23N3O5. The van der Waals surface area contributed by atoms with E-state index in [1.54, 1.807) is 19.3 Å². The standard InChI is InChI=1S/C22H23N3O5/c1-14-9-18(30-24-14)11-21(27)25-13-17(26)10-19(25)22(28)23-12-15-4-6-16(7-5-15)20-3-2-8-29-20/h2-9,17,19,26H,10-13H2,1H3,(H,23,28)/t17-,19+/m1/s1. The molecule has 156 valence electrons. The number of hydrogen-bond acceptors (Lipinski definition) is 6. The van der Waals surface area contributed by atoms with Crippen molar-refractivity contribution in [1.29, 1.82) is 0 Å². The molecule has 3 heterocycles. The van der Waals surface area contributed by atoms with Crippen molar-refractivity contribution in [2.24, 2.45) is 0 Å². The molecule has 3 aromatic rings. The fraction of sp³-hybridized carbons (Fsp3) is 0.318. The second-order valence-electron chi connectivity index (χ2n) is 7.45. The Morgan fingerprint density at radius 2 is 2.07 bits per heavy atom. The maximum atomic E-state index is 12.7. The number of aliphatic hydroxyl groups is 1. The second kappa shape index (κ2) is 8.54. The molecule has 0 bridgehead atoms. The molecule has 8 heteroatoms. The first kappa shape index (κ1) is 19.9. The predicted molar refractivity (Wildman–Crippen MR) is 107 cm³/mol. The van der Waals surface area contributed by atoms with Crippen LogP contribution in [0.2, 0.25) is 0 Å². The number of nitrogens with zero attached hydrogens (tertiary/aromatic N) is 2. The van der Waals surface area contributed by atoms with E-state index >= 15 is 0 Å². The molecule has 8 nitrogen and oxygen atoms in total. The lowest BCUT2D eigenvalue weighted by Crippen LogP contribution is -2.46. The Morgan fingerprint density at radius 3 is 2.73 bits per heavy atom. The van der Waals surface area contributed by atoms with Crippen LogP contribution in [0.3, 0.4) is 0 Å². The summed E-state index contributed by atoms with van der Waals surface area (Å²) in [5, 5.41) is 16.7. The van der Waals surface area contributed by atoms with E-state index in [1.807, 2.05) is 36.4 Å². The van der Waals surface area contributed by atoms with Crippen LogP contribution in [-0.2, 0) is 22.6 Å². The van der Waals surface area contributed by atoms with Crippen molar-refractivity contribution in [3.05, 3.63) is 65.7 Å². The monoisotopic (exact) mass is 409 g/mol. The van der Waals surface area contributed by atoms with Crippen LogP contribution in [0.15, 0.2) is 57.7 Å². The summed E-state index contributed by atoms with van der Waals surface area (Å²) >= 11 is 0. The van der Waals surface area contributed by atoms with Gasteiger partial charge in [-0.05, 0) is 24.6 Å². The van der Waals surface area contributed by atoms with E-state index in [0.29, 0.717) is 18.0 Å². The molecule has 1 aromatic carbocycles. The molecule has 4 rings (SSSR count). The molecule has 2 N–H and O–H groups in total. The van der Waals surface area contributed by atoms with Gasteiger partial charge in [-0.15, -0.1) is 0 Å². The molecule has 0 unspecified atom stereocenters. The van der Waals surface area contributed by atoms with Crippen LogP contribution in [0, 0.1) is 6.92 Å². The van der Waals surface area contributed by atoms with Crippen LogP contribution < -0.4 is 5.32 Å². The van der Waals surface area contributed by atoms with Crippen molar-refractivity contribution >= 4 is 11.8 Å². The van der Waals surface area contributed by atoms with Gasteiger partial charge in [0, 0.05) is 31.1 Å². The van der Waals surface area contributed by atoms with Crippen molar-refractivity contribution in [2.45, 2.75) is 38.5 Å². The van der Waals surface area contributed by atoms with Crippen LogP contribution in [0.4, 0.5) is 0 Å². The van der Waals surface area contributed by atoms with Gasteiger partial charge in [0.05, 0.1) is 24.5 Å². The minimum absolute atomic E-state index is 0.00554. The lowest BCUT2D eigenvalue weighted by Gasteiger charge is -2.23. The van der Waals surface area contributed by atoms with Gasteiger partial charge in [0.25, 0.3) is 0 Å². The highest BCUT2D eigenvalue weighted by Gasteiger charge is 2.38. The number of β-amino-alcohol motifs (C(OH)–C–C–N with tert-alkyl or cyclic N) is 1. The van der Waals surface area contributed by atoms with Gasteiger partial charge in [0.1, 0.15) is 17.6 Å². The van der Waals surface area contributed by atoms with Gasteiger partial charge in [-0.1, -0.05) is 29.4 Å². The van der Waals surface area contributed by atoms with Gasteiger partial charge in [-0.25, -0.2) is 0 Å². The van der Waals surface area contributed by atoms with Crippen molar-refractivity contribution in [3.63, 3.8) is 0 Å². The van der Waals surface area contributed by atoms with E-state index in [-0.39, 0.29) is 31.2 Å². The number of amides is 2. The lowest BCUT2D eigenvalue weighted by molar-refractivity contribution is -0.138. The summed E-state index contributed by atoms with van der Waals surface area (Å²) in [5.74, 6) is 0.658. The van der Waals surface area contributed by atoms with Gasteiger partial charge in [-0.3, -0.25) is 9.59 Å². The van der Waals surface area contributed by atoms with E-state index in [1.165, 1.54) is 4.90 Å². The molecule has 2 amide bonds. The fourth-order valence-electron chi connectivity index (χ4n) is 3.62. The fourth-order valence-corrected chi connectivity index (χ4v) is 3.62. The van der Waals surface area contributed by atoms with E-state index in [0.717, 1.165) is 16.9 Å². The molecular weight excluding hydrogens is 386 g/mol. The van der Waals surface area contributed by atoms with Crippen molar-refractivity contribution in [3.8, 4) is 11.3 Å². The number of nitrogens with one attached hydrogen (secondary N) is 1. The molecule has 0 saturated carbocycles. The van der Waals surface area contributed by atoms with Crippen LogP contribution in [-0.4, -0.2) is 45.7 Å². The first-order chi connectivity index (χ1) is 14.5. The Labute approximate surface area is 173 Å². The number of carbonyl (C=O) groups excluding carboxylic acids is 2. The summed E-state index contributed by atoms with van der Waals surface area (Å²) in [4.78, 5) is 26.8. The summed E-state index contributed by atoms with van der Waals surface area (Å²) < 4.78 is 10.5. The first-order valence-electron chi connectivity index (χ1n) is 9.80. The van der Waals surface area contributed by atoms with Gasteiger partial charge in [0.2, 0.25) is 11.8 Å². The Balaban J connectivity index is 1.36. The van der Waals surface area contributed by atoms with Crippen LogP contribution >= 0.6 is 0 Å². The molecule has 1 fully saturated rings.